The van der Waals surface area contributed by atoms with E-state index in [9.17, 15) is 0 Å². The Hall–Kier alpha value is -2.97. The highest BCUT2D eigenvalue weighted by molar-refractivity contribution is 5.11. The lowest BCUT2D eigenvalue weighted by Crippen LogP contribution is -2.24. The normalized spacial score (nSPS) is 21.7. The monoisotopic (exact) mass is 919 g/mol. The summed E-state index contributed by atoms with van der Waals surface area (Å²) in [7, 11) is 0. The van der Waals surface area contributed by atoms with Gasteiger partial charge in [0.2, 0.25) is 0 Å². The van der Waals surface area contributed by atoms with Gasteiger partial charge in [-0.25, -0.2) is 16.4 Å². The van der Waals surface area contributed by atoms with Crippen LogP contribution in [0.25, 0.3) is 0 Å². The summed E-state index contributed by atoms with van der Waals surface area (Å²) < 4.78 is 0. The summed E-state index contributed by atoms with van der Waals surface area (Å²) >= 11 is 0. The van der Waals surface area contributed by atoms with Gasteiger partial charge in [0.25, 0.3) is 0 Å². The summed E-state index contributed by atoms with van der Waals surface area (Å²) in [4.78, 5) is 32.7. The lowest BCUT2D eigenvalue weighted by Gasteiger charge is -2.15. The SMILES string of the molecule is C1=C(NOc2nc(ONC3=CCCCCCCCCCCCCCCCC3)nc(ONC3=CCCCCCCCCCCCCCCCC3)n2)CCCCCCCCCCCCCCCC1. The minimum atomic E-state index is 0.135. The van der Waals surface area contributed by atoms with Crippen LogP contribution in [-0.2, 0) is 0 Å². The van der Waals surface area contributed by atoms with Gasteiger partial charge < -0.3 is 14.5 Å². The van der Waals surface area contributed by atoms with Crippen molar-refractivity contribution in [1.29, 1.82) is 0 Å². The Kier molecular flexibility index (Phi) is 34.6. The molecule has 4 rings (SSSR count). The number of aromatic nitrogens is 3. The fraction of sp³-hybridized carbons (Fsp3) is 0.842. The van der Waals surface area contributed by atoms with Gasteiger partial charge in [-0.3, -0.25) is 0 Å². The van der Waals surface area contributed by atoms with Crippen molar-refractivity contribution in [3.05, 3.63) is 35.3 Å². The molecule has 0 fully saturated rings. The minimum Gasteiger partial charge on any atom is -0.340 e. The molecule has 0 aliphatic heterocycles. The van der Waals surface area contributed by atoms with Gasteiger partial charge in [-0.1, -0.05) is 249 Å². The average Bonchev–Trinajstić information content (AvgIpc) is 3.32. The van der Waals surface area contributed by atoms with E-state index in [0.29, 0.717) is 0 Å². The Bertz CT molecular complexity index is 1210. The Morgan fingerprint density at radius 2 is 0.394 bits per heavy atom. The van der Waals surface area contributed by atoms with E-state index in [2.05, 4.69) is 49.6 Å². The molecule has 3 aliphatic carbocycles. The van der Waals surface area contributed by atoms with Crippen molar-refractivity contribution < 1.29 is 14.5 Å². The smallest absolute Gasteiger partial charge is 0.340 e. The second kappa shape index (κ2) is 41.0. The van der Waals surface area contributed by atoms with Gasteiger partial charge in [-0.15, -0.1) is 15.0 Å². The quantitative estimate of drug-likeness (QED) is 0.209. The lowest BCUT2D eigenvalue weighted by atomic mass is 10.0. The summed E-state index contributed by atoms with van der Waals surface area (Å²) in [6.07, 6.45) is 68.8. The maximum absolute atomic E-state index is 6.22. The Morgan fingerprint density at radius 1 is 0.227 bits per heavy atom. The molecule has 0 saturated carbocycles. The zero-order valence-electron chi connectivity index (χ0n) is 42.7. The Morgan fingerprint density at radius 3 is 0.591 bits per heavy atom. The number of hydroxylamine groups is 3. The van der Waals surface area contributed by atoms with Gasteiger partial charge in [-0.05, 0) is 77.0 Å². The van der Waals surface area contributed by atoms with Crippen molar-refractivity contribution in [2.75, 3.05) is 0 Å². The summed E-state index contributed by atoms with van der Waals surface area (Å²) in [5, 5.41) is 0. The first-order valence-electron chi connectivity index (χ1n) is 29.0. The third-order valence-corrected chi connectivity index (χ3v) is 14.3. The van der Waals surface area contributed by atoms with Crippen LogP contribution in [0.2, 0.25) is 0 Å². The maximum atomic E-state index is 6.22. The number of nitrogens with one attached hydrogen (secondary N) is 3. The Labute approximate surface area is 406 Å². The molecule has 1 heterocycles. The van der Waals surface area contributed by atoms with Gasteiger partial charge in [0.05, 0.1) is 0 Å². The number of rotatable bonds is 9. The highest BCUT2D eigenvalue weighted by atomic mass is 16.7. The molecule has 9 heteroatoms. The number of hydrogen-bond donors (Lipinski definition) is 3. The average molecular weight is 919 g/mol. The molecule has 66 heavy (non-hydrogen) atoms. The van der Waals surface area contributed by atoms with E-state index in [-0.39, 0.29) is 18.0 Å². The zero-order valence-corrected chi connectivity index (χ0v) is 42.7. The van der Waals surface area contributed by atoms with Crippen LogP contribution in [-0.4, -0.2) is 15.0 Å². The molecule has 0 saturated heterocycles. The molecule has 0 bridgehead atoms. The molecule has 9 nitrogen and oxygen atoms in total. The van der Waals surface area contributed by atoms with Crippen LogP contribution in [0.5, 0.6) is 18.0 Å². The van der Waals surface area contributed by atoms with Crippen molar-refractivity contribution in [1.82, 2.24) is 31.4 Å². The standard InChI is InChI=1S/C57H102N6O3/c1-4-10-16-22-28-34-40-46-52(47-41-35-29-23-17-11-5-1)61-64-55-58-56(65-62-53-48-42-36-30-24-18-12-6-2-7-13-19-25-31-37-43-49-53)60-57(59-55)66-63-54-50-44-38-32-26-20-14-8-3-9-15-21-27-33-39-45-51-54/h46,48,50,61-63H,1-45,47,49,51H2. The van der Waals surface area contributed by atoms with Gasteiger partial charge in [0.1, 0.15) is 0 Å². The van der Waals surface area contributed by atoms with Crippen LogP contribution in [0.4, 0.5) is 0 Å². The van der Waals surface area contributed by atoms with Gasteiger partial charge in [0.15, 0.2) is 0 Å². The van der Waals surface area contributed by atoms with Crippen LogP contribution in [0, 0.1) is 0 Å². The molecule has 378 valence electrons. The topological polar surface area (TPSA) is 102 Å². The van der Waals surface area contributed by atoms with Crippen molar-refractivity contribution in [3.8, 4) is 18.0 Å². The molecule has 0 spiro atoms. The van der Waals surface area contributed by atoms with E-state index in [1.807, 2.05) is 0 Å². The highest BCUT2D eigenvalue weighted by Gasteiger charge is 2.14. The molecule has 0 aromatic carbocycles. The van der Waals surface area contributed by atoms with E-state index in [1.165, 1.54) is 250 Å². The molecule has 0 atom stereocenters. The minimum absolute atomic E-state index is 0.135. The Balaban J connectivity index is 1.45. The molecule has 0 amide bonds. The fourth-order valence-electron chi connectivity index (χ4n) is 9.95. The second-order valence-electron chi connectivity index (χ2n) is 20.4. The summed E-state index contributed by atoms with van der Waals surface area (Å²) in [6.45, 7) is 0. The predicted molar refractivity (Wildman–Crippen MR) is 277 cm³/mol. The van der Waals surface area contributed by atoms with Crippen LogP contribution < -0.4 is 31.0 Å². The zero-order chi connectivity index (χ0) is 45.9. The highest BCUT2D eigenvalue weighted by Crippen LogP contribution is 2.22. The van der Waals surface area contributed by atoms with E-state index in [0.717, 1.165) is 74.9 Å². The summed E-state index contributed by atoms with van der Waals surface area (Å²) in [6, 6.07) is 0.406. The fourth-order valence-corrected chi connectivity index (χ4v) is 9.95. The second-order valence-corrected chi connectivity index (χ2v) is 20.4. The van der Waals surface area contributed by atoms with E-state index in [4.69, 9.17) is 14.5 Å². The lowest BCUT2D eigenvalue weighted by molar-refractivity contribution is 0.155. The van der Waals surface area contributed by atoms with Crippen LogP contribution in [0.3, 0.4) is 0 Å². The first-order chi connectivity index (χ1) is 32.8. The van der Waals surface area contributed by atoms with Gasteiger partial charge in [0, 0.05) is 17.1 Å². The predicted octanol–water partition coefficient (Wildman–Crippen LogP) is 17.9. The van der Waals surface area contributed by atoms with E-state index in [1.54, 1.807) is 0 Å². The number of nitrogens with zero attached hydrogens (tertiary/aromatic N) is 3. The number of hydrogen-bond acceptors (Lipinski definition) is 9. The largest absolute Gasteiger partial charge is 0.352 e. The van der Waals surface area contributed by atoms with E-state index >= 15 is 0 Å². The van der Waals surface area contributed by atoms with Crippen LogP contribution >= 0.6 is 0 Å². The maximum Gasteiger partial charge on any atom is 0.352 e. The number of allylic oxidation sites excluding steroid dienone is 6. The third kappa shape index (κ3) is 31.1. The summed E-state index contributed by atoms with van der Waals surface area (Å²) in [5.74, 6) is 0. The van der Waals surface area contributed by atoms with Gasteiger partial charge in [-0.2, -0.15) is 0 Å². The van der Waals surface area contributed by atoms with Crippen LogP contribution in [0.1, 0.15) is 308 Å². The van der Waals surface area contributed by atoms with Crippen molar-refractivity contribution in [3.63, 3.8) is 0 Å². The molecule has 1 aromatic rings. The molecule has 1 aromatic heterocycles. The first-order valence-corrected chi connectivity index (χ1v) is 29.0. The summed E-state index contributed by atoms with van der Waals surface area (Å²) in [5.41, 5.74) is 13.2. The first kappa shape index (κ1) is 55.6. The molecule has 3 N–H and O–H groups in total. The molecule has 0 unspecified atom stereocenters. The van der Waals surface area contributed by atoms with E-state index < -0.39 is 0 Å². The van der Waals surface area contributed by atoms with Crippen LogP contribution in [0.15, 0.2) is 35.3 Å². The van der Waals surface area contributed by atoms with Crippen molar-refractivity contribution in [2.45, 2.75) is 308 Å². The molecule has 0 radical (unpaired) electrons. The van der Waals surface area contributed by atoms with Crippen molar-refractivity contribution >= 4 is 0 Å². The third-order valence-electron chi connectivity index (χ3n) is 14.3. The molecule has 3 aliphatic rings. The molecular weight excluding hydrogens is 817 g/mol. The van der Waals surface area contributed by atoms with Gasteiger partial charge >= 0.3 is 18.0 Å². The molecular formula is C57H102N6O3. The van der Waals surface area contributed by atoms with Crippen molar-refractivity contribution in [2.24, 2.45) is 0 Å².